The van der Waals surface area contributed by atoms with E-state index in [-0.39, 0.29) is 0 Å². The predicted molar refractivity (Wildman–Crippen MR) is 59.7 cm³/mol. The SMILES string of the molecule is C[CH]([Al])Cc1cccc(N(C)C)c1. The van der Waals surface area contributed by atoms with E-state index in [1.54, 1.807) is 0 Å². The minimum Gasteiger partial charge on any atom is -0.378 e. The Morgan fingerprint density at radius 1 is 1.38 bits per heavy atom. The third-order valence-electron chi connectivity index (χ3n) is 1.98. The fraction of sp³-hybridized carbons (Fsp3) is 0.455. The first-order chi connectivity index (χ1) is 6.09. The molecule has 13 heavy (non-hydrogen) atoms. The summed E-state index contributed by atoms with van der Waals surface area (Å²) in [6.45, 7) is 2.22. The van der Waals surface area contributed by atoms with Gasteiger partial charge in [0.15, 0.2) is 0 Å². The maximum atomic E-state index is 2.83. The quantitative estimate of drug-likeness (QED) is 0.659. The molecule has 0 saturated carbocycles. The lowest BCUT2D eigenvalue weighted by Crippen LogP contribution is -2.08. The Labute approximate surface area is 89.2 Å². The minimum atomic E-state index is 0.650. The topological polar surface area (TPSA) is 3.24 Å². The molecule has 0 aliphatic heterocycles. The molecular formula is C11H16AlN. The lowest BCUT2D eigenvalue weighted by molar-refractivity contribution is 0.914. The minimum absolute atomic E-state index is 0.650. The van der Waals surface area contributed by atoms with Crippen molar-refractivity contribution in [1.82, 2.24) is 0 Å². The first-order valence-corrected chi connectivity index (χ1v) is 5.28. The highest BCUT2D eigenvalue weighted by Crippen LogP contribution is 2.16. The monoisotopic (exact) mass is 189 g/mol. The van der Waals surface area contributed by atoms with Gasteiger partial charge in [-0.2, -0.15) is 0 Å². The van der Waals surface area contributed by atoms with Crippen molar-refractivity contribution in [3.63, 3.8) is 0 Å². The zero-order chi connectivity index (χ0) is 9.84. The van der Waals surface area contributed by atoms with Gasteiger partial charge in [-0.05, 0) is 24.1 Å². The molecule has 0 N–H and O–H groups in total. The average molecular weight is 189 g/mol. The Balaban J connectivity index is 2.79. The fourth-order valence-corrected chi connectivity index (χ4v) is 1.61. The van der Waals surface area contributed by atoms with Crippen LogP contribution in [0.25, 0.3) is 0 Å². The Bertz CT molecular complexity index is 269. The second kappa shape index (κ2) is 4.70. The molecule has 1 unspecified atom stereocenters. The third kappa shape index (κ3) is 3.42. The Kier molecular flexibility index (Phi) is 3.84. The highest BCUT2D eigenvalue weighted by Gasteiger charge is 1.99. The van der Waals surface area contributed by atoms with Gasteiger partial charge in [-0.25, -0.2) is 0 Å². The molecule has 0 saturated heterocycles. The summed E-state index contributed by atoms with van der Waals surface area (Å²) in [5.74, 6) is 0. The molecule has 1 atom stereocenters. The standard InChI is InChI=1S/C11H16N.Al/c1-4-6-10-7-5-8-11(9-10)12(2)3;/h4-5,7-9H,6H2,1-3H3;. The second-order valence-corrected chi connectivity index (χ2v) is 4.88. The number of rotatable bonds is 3. The van der Waals surface area contributed by atoms with Gasteiger partial charge in [-0.3, -0.25) is 0 Å². The van der Waals surface area contributed by atoms with E-state index in [1.807, 2.05) is 0 Å². The smallest absolute Gasteiger partial charge is 0.123 e. The van der Waals surface area contributed by atoms with Crippen molar-refractivity contribution in [2.24, 2.45) is 0 Å². The van der Waals surface area contributed by atoms with Crippen molar-refractivity contribution in [2.75, 3.05) is 19.0 Å². The number of anilines is 1. The lowest BCUT2D eigenvalue weighted by Gasteiger charge is -2.14. The van der Waals surface area contributed by atoms with Crippen LogP contribution in [0.2, 0.25) is 4.78 Å². The Morgan fingerprint density at radius 2 is 2.08 bits per heavy atom. The van der Waals surface area contributed by atoms with Gasteiger partial charge in [0, 0.05) is 19.8 Å². The van der Waals surface area contributed by atoms with Crippen molar-refractivity contribution in [3.8, 4) is 0 Å². The molecule has 0 amide bonds. The molecule has 1 rings (SSSR count). The first kappa shape index (κ1) is 10.6. The van der Waals surface area contributed by atoms with E-state index < -0.39 is 0 Å². The van der Waals surface area contributed by atoms with Crippen LogP contribution in [0.5, 0.6) is 0 Å². The molecule has 0 bridgehead atoms. The highest BCUT2D eigenvalue weighted by atomic mass is 27.0. The van der Waals surface area contributed by atoms with Crippen LogP contribution in [0.1, 0.15) is 12.5 Å². The summed E-state index contributed by atoms with van der Waals surface area (Å²) < 4.78 is 0.650. The molecule has 0 spiro atoms. The van der Waals surface area contributed by atoms with Gasteiger partial charge in [0.2, 0.25) is 0 Å². The molecule has 1 nitrogen and oxygen atoms in total. The number of hydrogen-bond donors (Lipinski definition) is 0. The van der Waals surface area contributed by atoms with Gasteiger partial charge in [-0.15, -0.1) is 4.78 Å². The molecular weight excluding hydrogens is 173 g/mol. The van der Waals surface area contributed by atoms with E-state index >= 15 is 0 Å². The lowest BCUT2D eigenvalue weighted by atomic mass is 10.1. The summed E-state index contributed by atoms with van der Waals surface area (Å²) in [5.41, 5.74) is 2.69. The van der Waals surface area contributed by atoms with Crippen molar-refractivity contribution in [2.45, 2.75) is 18.1 Å². The van der Waals surface area contributed by atoms with Gasteiger partial charge in [-0.1, -0.05) is 19.1 Å². The largest absolute Gasteiger partial charge is 0.378 e. The van der Waals surface area contributed by atoms with Gasteiger partial charge >= 0.3 is 0 Å². The van der Waals surface area contributed by atoms with Gasteiger partial charge in [0.25, 0.3) is 0 Å². The number of benzene rings is 1. The average Bonchev–Trinajstić information content (AvgIpc) is 2.03. The molecule has 1 aromatic rings. The van der Waals surface area contributed by atoms with Crippen LogP contribution in [-0.4, -0.2) is 30.4 Å². The summed E-state index contributed by atoms with van der Waals surface area (Å²) in [6, 6.07) is 8.70. The highest BCUT2D eigenvalue weighted by molar-refractivity contribution is 6.11. The maximum absolute atomic E-state index is 2.83. The van der Waals surface area contributed by atoms with Crippen LogP contribution in [0.15, 0.2) is 24.3 Å². The number of nitrogens with zero attached hydrogens (tertiary/aromatic N) is 1. The van der Waals surface area contributed by atoms with E-state index in [0.29, 0.717) is 4.78 Å². The van der Waals surface area contributed by atoms with Crippen LogP contribution < -0.4 is 4.90 Å². The molecule has 0 aromatic heterocycles. The van der Waals surface area contributed by atoms with Crippen LogP contribution in [0, 0.1) is 0 Å². The van der Waals surface area contributed by atoms with Crippen LogP contribution in [0.3, 0.4) is 0 Å². The van der Waals surface area contributed by atoms with Crippen molar-refractivity contribution in [1.29, 1.82) is 0 Å². The van der Waals surface area contributed by atoms with E-state index in [0.717, 1.165) is 6.42 Å². The first-order valence-electron chi connectivity index (χ1n) is 4.61. The summed E-state index contributed by atoms with van der Waals surface area (Å²) in [4.78, 5) is 2.14. The summed E-state index contributed by atoms with van der Waals surface area (Å²) in [7, 11) is 4.15. The molecule has 0 fully saturated rings. The third-order valence-corrected chi connectivity index (χ3v) is 2.22. The zero-order valence-electron chi connectivity index (χ0n) is 8.62. The van der Waals surface area contributed by atoms with E-state index in [9.17, 15) is 0 Å². The van der Waals surface area contributed by atoms with Gasteiger partial charge in [0.1, 0.15) is 16.3 Å². The maximum Gasteiger partial charge on any atom is 0.123 e. The van der Waals surface area contributed by atoms with E-state index in [1.165, 1.54) is 11.3 Å². The van der Waals surface area contributed by atoms with Gasteiger partial charge in [0.05, 0.1) is 0 Å². The Morgan fingerprint density at radius 3 is 2.62 bits per heavy atom. The predicted octanol–water partition coefficient (Wildman–Crippen LogP) is 2.27. The van der Waals surface area contributed by atoms with E-state index in [2.05, 4.69) is 66.5 Å². The molecule has 68 valence electrons. The second-order valence-electron chi connectivity index (χ2n) is 3.75. The molecule has 0 aliphatic carbocycles. The Hall–Kier alpha value is -0.448. The van der Waals surface area contributed by atoms with Crippen molar-refractivity contribution < 1.29 is 0 Å². The summed E-state index contributed by atoms with van der Waals surface area (Å²) in [5, 5.41) is 0. The van der Waals surface area contributed by atoms with E-state index in [4.69, 9.17) is 0 Å². The summed E-state index contributed by atoms with van der Waals surface area (Å²) in [6.07, 6.45) is 1.13. The molecule has 0 heterocycles. The van der Waals surface area contributed by atoms with Crippen molar-refractivity contribution >= 4 is 22.0 Å². The molecule has 1 aromatic carbocycles. The van der Waals surface area contributed by atoms with Crippen molar-refractivity contribution in [3.05, 3.63) is 29.8 Å². The molecule has 2 heteroatoms. The van der Waals surface area contributed by atoms with Crippen LogP contribution >= 0.6 is 0 Å². The zero-order valence-corrected chi connectivity index (χ0v) is 9.77. The van der Waals surface area contributed by atoms with Crippen LogP contribution in [-0.2, 0) is 6.42 Å². The fourth-order valence-electron chi connectivity index (χ4n) is 1.33. The van der Waals surface area contributed by atoms with Gasteiger partial charge < -0.3 is 4.90 Å². The normalized spacial score (nSPS) is 12.5. The molecule has 2 radical (unpaired) electrons. The number of hydrogen-bond acceptors (Lipinski definition) is 1. The molecule has 0 aliphatic rings. The van der Waals surface area contributed by atoms with Crippen LogP contribution in [0.4, 0.5) is 5.69 Å². The summed E-state index contributed by atoms with van der Waals surface area (Å²) >= 11 is 2.83.